The molecular formula is C14H12FNO2S. The number of anilines is 1. The van der Waals surface area contributed by atoms with Crippen LogP contribution in [0.3, 0.4) is 0 Å². The Kier molecular flexibility index (Phi) is 4.06. The quantitative estimate of drug-likeness (QED) is 0.664. The van der Waals surface area contributed by atoms with E-state index in [-0.39, 0.29) is 11.4 Å². The summed E-state index contributed by atoms with van der Waals surface area (Å²) in [4.78, 5) is 11.6. The molecule has 0 unspecified atom stereocenters. The lowest BCUT2D eigenvalue weighted by Crippen LogP contribution is -1.96. The largest absolute Gasteiger partial charge is 0.478 e. The minimum absolute atomic E-state index is 0.247. The molecule has 0 aliphatic carbocycles. The number of hydrogen-bond acceptors (Lipinski definition) is 3. The van der Waals surface area contributed by atoms with Gasteiger partial charge >= 0.3 is 5.97 Å². The molecule has 0 aromatic heterocycles. The first-order chi connectivity index (χ1) is 9.04. The number of carbonyl (C=O) groups is 1. The first kappa shape index (κ1) is 13.4. The average molecular weight is 277 g/mol. The Hall–Kier alpha value is -2.01. The molecule has 0 radical (unpaired) electrons. The highest BCUT2D eigenvalue weighted by atomic mass is 32.2. The fourth-order valence-electron chi connectivity index (χ4n) is 1.63. The van der Waals surface area contributed by atoms with Gasteiger partial charge in [-0.2, -0.15) is 0 Å². The van der Waals surface area contributed by atoms with E-state index in [9.17, 15) is 9.18 Å². The lowest BCUT2D eigenvalue weighted by Gasteiger charge is -2.04. The van der Waals surface area contributed by atoms with Crippen LogP contribution in [0.5, 0.6) is 0 Å². The standard InChI is InChI=1S/C14H12FNO2S/c15-11-5-12(16)7-13(6-11)19-8-9-2-1-3-10(4-9)14(17)18/h1-7H,8,16H2,(H,17,18). The van der Waals surface area contributed by atoms with Gasteiger partial charge in [0.2, 0.25) is 0 Å². The van der Waals surface area contributed by atoms with E-state index in [1.54, 1.807) is 18.2 Å². The average Bonchev–Trinajstić information content (AvgIpc) is 2.35. The summed E-state index contributed by atoms with van der Waals surface area (Å²) in [6.07, 6.45) is 0. The first-order valence-corrected chi connectivity index (χ1v) is 6.54. The highest BCUT2D eigenvalue weighted by Gasteiger charge is 2.04. The molecule has 2 aromatic carbocycles. The molecule has 19 heavy (non-hydrogen) atoms. The van der Waals surface area contributed by atoms with Crippen molar-refractivity contribution in [3.05, 3.63) is 59.4 Å². The predicted octanol–water partition coefficient (Wildman–Crippen LogP) is 3.40. The van der Waals surface area contributed by atoms with Crippen LogP contribution in [0.25, 0.3) is 0 Å². The Morgan fingerprint density at radius 1 is 1.26 bits per heavy atom. The molecule has 2 rings (SSSR count). The van der Waals surface area contributed by atoms with E-state index in [4.69, 9.17) is 10.8 Å². The van der Waals surface area contributed by atoms with Gasteiger partial charge in [0.25, 0.3) is 0 Å². The van der Waals surface area contributed by atoms with Crippen molar-refractivity contribution < 1.29 is 14.3 Å². The van der Waals surface area contributed by atoms with Gasteiger partial charge in [0.15, 0.2) is 0 Å². The van der Waals surface area contributed by atoms with E-state index in [0.29, 0.717) is 11.4 Å². The number of aromatic carboxylic acids is 1. The Labute approximate surface area is 114 Å². The van der Waals surface area contributed by atoms with Crippen LogP contribution in [0.15, 0.2) is 47.4 Å². The van der Waals surface area contributed by atoms with Crippen molar-refractivity contribution in [2.75, 3.05) is 5.73 Å². The van der Waals surface area contributed by atoms with Crippen LogP contribution in [0, 0.1) is 5.82 Å². The summed E-state index contributed by atoms with van der Waals surface area (Å²) in [6, 6.07) is 11.0. The van der Waals surface area contributed by atoms with E-state index in [0.717, 1.165) is 10.5 Å². The number of halogens is 1. The third kappa shape index (κ3) is 3.72. The van der Waals surface area contributed by atoms with Gasteiger partial charge in [-0.3, -0.25) is 0 Å². The number of thioether (sulfide) groups is 1. The molecule has 5 heteroatoms. The third-order valence-corrected chi connectivity index (χ3v) is 3.52. The molecule has 0 saturated heterocycles. The van der Waals surface area contributed by atoms with Crippen LogP contribution in [-0.2, 0) is 5.75 Å². The highest BCUT2D eigenvalue weighted by molar-refractivity contribution is 7.98. The predicted molar refractivity (Wildman–Crippen MR) is 73.8 cm³/mol. The number of rotatable bonds is 4. The fraction of sp³-hybridized carbons (Fsp3) is 0.0714. The van der Waals surface area contributed by atoms with E-state index in [1.807, 2.05) is 6.07 Å². The van der Waals surface area contributed by atoms with E-state index >= 15 is 0 Å². The Balaban J connectivity index is 2.10. The zero-order valence-electron chi connectivity index (χ0n) is 9.97. The third-order valence-electron chi connectivity index (χ3n) is 2.47. The van der Waals surface area contributed by atoms with Crippen molar-refractivity contribution >= 4 is 23.4 Å². The zero-order valence-corrected chi connectivity index (χ0v) is 10.8. The number of carboxylic acid groups (broad SMARTS) is 1. The summed E-state index contributed by atoms with van der Waals surface area (Å²) < 4.78 is 13.2. The summed E-state index contributed by atoms with van der Waals surface area (Å²) in [7, 11) is 0. The van der Waals surface area contributed by atoms with Crippen molar-refractivity contribution in [3.8, 4) is 0 Å². The second-order valence-corrected chi connectivity index (χ2v) is 5.06. The van der Waals surface area contributed by atoms with Crippen LogP contribution in [-0.4, -0.2) is 11.1 Å². The summed E-state index contributed by atoms with van der Waals surface area (Å²) in [5.74, 6) is -0.770. The van der Waals surface area contributed by atoms with Gasteiger partial charge in [0.05, 0.1) is 5.56 Å². The molecule has 0 fully saturated rings. The van der Waals surface area contributed by atoms with Crippen LogP contribution in [0.1, 0.15) is 15.9 Å². The number of hydrogen-bond donors (Lipinski definition) is 2. The molecule has 0 amide bonds. The van der Waals surface area contributed by atoms with Gasteiger partial charge in [-0.25, -0.2) is 9.18 Å². The van der Waals surface area contributed by atoms with Crippen LogP contribution in [0.2, 0.25) is 0 Å². The maximum atomic E-state index is 13.2. The zero-order chi connectivity index (χ0) is 13.8. The van der Waals surface area contributed by atoms with Gasteiger partial charge in [-0.15, -0.1) is 11.8 Å². The van der Waals surface area contributed by atoms with E-state index in [1.165, 1.54) is 30.0 Å². The summed E-state index contributed by atoms with van der Waals surface area (Å²) >= 11 is 1.41. The molecule has 0 aliphatic rings. The first-order valence-electron chi connectivity index (χ1n) is 5.56. The van der Waals surface area contributed by atoms with Crippen LogP contribution < -0.4 is 5.73 Å². The van der Waals surface area contributed by atoms with Crippen molar-refractivity contribution in [1.29, 1.82) is 0 Å². The topological polar surface area (TPSA) is 63.3 Å². The molecule has 98 valence electrons. The monoisotopic (exact) mass is 277 g/mol. The molecule has 0 saturated carbocycles. The molecule has 0 aliphatic heterocycles. The molecule has 0 bridgehead atoms. The van der Waals surface area contributed by atoms with Gasteiger partial charge in [0, 0.05) is 16.3 Å². The molecule has 0 atom stereocenters. The molecule has 3 nitrogen and oxygen atoms in total. The molecule has 2 aromatic rings. The van der Waals surface area contributed by atoms with Gasteiger partial charge < -0.3 is 10.8 Å². The SMILES string of the molecule is Nc1cc(F)cc(SCc2cccc(C(=O)O)c2)c1. The number of benzene rings is 2. The second-order valence-electron chi connectivity index (χ2n) is 4.01. The van der Waals surface area contributed by atoms with E-state index < -0.39 is 5.97 Å². The Morgan fingerprint density at radius 2 is 2.05 bits per heavy atom. The minimum Gasteiger partial charge on any atom is -0.478 e. The lowest BCUT2D eigenvalue weighted by molar-refractivity contribution is 0.0697. The van der Waals surface area contributed by atoms with Gasteiger partial charge in [-0.05, 0) is 35.9 Å². The van der Waals surface area contributed by atoms with Crippen LogP contribution >= 0.6 is 11.8 Å². The summed E-state index contributed by atoms with van der Waals surface area (Å²) in [6.45, 7) is 0. The van der Waals surface area contributed by atoms with Crippen molar-refractivity contribution in [2.24, 2.45) is 0 Å². The van der Waals surface area contributed by atoms with Crippen molar-refractivity contribution in [1.82, 2.24) is 0 Å². The molecular weight excluding hydrogens is 265 g/mol. The molecule has 0 heterocycles. The molecule has 0 spiro atoms. The number of carboxylic acids is 1. The smallest absolute Gasteiger partial charge is 0.335 e. The molecule has 3 N–H and O–H groups in total. The normalized spacial score (nSPS) is 10.4. The Bertz CT molecular complexity index is 596. The van der Waals surface area contributed by atoms with Gasteiger partial charge in [0.1, 0.15) is 5.82 Å². The summed E-state index contributed by atoms with van der Waals surface area (Å²) in [5.41, 5.74) is 7.05. The Morgan fingerprint density at radius 3 is 2.74 bits per heavy atom. The highest BCUT2D eigenvalue weighted by Crippen LogP contribution is 2.25. The van der Waals surface area contributed by atoms with Crippen molar-refractivity contribution in [2.45, 2.75) is 10.6 Å². The maximum Gasteiger partial charge on any atom is 0.335 e. The van der Waals surface area contributed by atoms with Gasteiger partial charge in [-0.1, -0.05) is 12.1 Å². The maximum absolute atomic E-state index is 13.2. The number of nitrogens with two attached hydrogens (primary N) is 1. The van der Waals surface area contributed by atoms with E-state index in [2.05, 4.69) is 0 Å². The summed E-state index contributed by atoms with van der Waals surface area (Å²) in [5, 5.41) is 8.89. The van der Waals surface area contributed by atoms with Crippen LogP contribution in [0.4, 0.5) is 10.1 Å². The second kappa shape index (κ2) is 5.75. The fourth-order valence-corrected chi connectivity index (χ4v) is 2.56. The minimum atomic E-state index is -0.957. The van der Waals surface area contributed by atoms with Crippen molar-refractivity contribution in [3.63, 3.8) is 0 Å². The lowest BCUT2D eigenvalue weighted by atomic mass is 10.1. The number of nitrogen functional groups attached to an aromatic ring is 1.